The fraction of sp³-hybridized carbons (Fsp3) is 0.400. The summed E-state index contributed by atoms with van der Waals surface area (Å²) in [6.45, 7) is 3.68. The molecule has 1 heterocycles. The number of fused-ring (bicyclic) bond motifs is 3. The first-order valence-corrected chi connectivity index (χ1v) is 17.5. The Morgan fingerprint density at radius 1 is 1.04 bits per heavy atom. The summed E-state index contributed by atoms with van der Waals surface area (Å²) in [5.41, 5.74) is 4.94. The highest BCUT2D eigenvalue weighted by Crippen LogP contribution is 2.40. The first-order chi connectivity index (χ1) is 21.5. The molecule has 1 aliphatic carbocycles. The molecule has 2 aromatic carbocycles. The number of amides is 2. The highest BCUT2D eigenvalue weighted by Gasteiger charge is 2.47. The van der Waals surface area contributed by atoms with Gasteiger partial charge in [-0.25, -0.2) is 4.39 Å². The summed E-state index contributed by atoms with van der Waals surface area (Å²) >= 11 is 14.7. The van der Waals surface area contributed by atoms with E-state index in [2.05, 4.69) is 71.4 Å². The van der Waals surface area contributed by atoms with Crippen LogP contribution in [-0.2, 0) is 35.2 Å². The molecule has 1 aliphatic rings. The van der Waals surface area contributed by atoms with Crippen LogP contribution in [0, 0.1) is 5.82 Å². The zero-order chi connectivity index (χ0) is 34.0. The molecule has 5 atom stereocenters. The lowest BCUT2D eigenvalue weighted by molar-refractivity contribution is -0.136. The highest BCUT2D eigenvalue weighted by atomic mass is 127. The van der Waals surface area contributed by atoms with E-state index in [9.17, 15) is 27.2 Å². The van der Waals surface area contributed by atoms with Crippen molar-refractivity contribution in [3.63, 3.8) is 0 Å². The van der Waals surface area contributed by atoms with Gasteiger partial charge in [0.25, 0.3) is 0 Å². The number of H-pyrrole nitrogens is 1. The van der Waals surface area contributed by atoms with E-state index in [1.54, 1.807) is 31.2 Å². The molecule has 0 fully saturated rings. The van der Waals surface area contributed by atoms with Gasteiger partial charge in [0.1, 0.15) is 17.4 Å². The third kappa shape index (κ3) is 8.21. The van der Waals surface area contributed by atoms with E-state index in [0.29, 0.717) is 22.2 Å². The maximum absolute atomic E-state index is 14.1. The zero-order valence-electron chi connectivity index (χ0n) is 24.7. The minimum absolute atomic E-state index is 0.0573. The lowest BCUT2D eigenvalue weighted by atomic mass is 9.78. The van der Waals surface area contributed by atoms with Crippen molar-refractivity contribution in [3.05, 3.63) is 70.7 Å². The van der Waals surface area contributed by atoms with Crippen molar-refractivity contribution >= 4 is 102 Å². The Bertz CT molecular complexity index is 1650. The molecule has 4 rings (SSSR count). The summed E-state index contributed by atoms with van der Waals surface area (Å²) in [6, 6.07) is 8.46. The van der Waals surface area contributed by atoms with Gasteiger partial charge in [-0.1, -0.05) is 102 Å². The number of halogens is 6. The van der Waals surface area contributed by atoms with Gasteiger partial charge in [0.15, 0.2) is 5.11 Å². The minimum atomic E-state index is -4.59. The average molecular weight is 903 g/mol. The van der Waals surface area contributed by atoms with Crippen molar-refractivity contribution in [2.24, 2.45) is 5.73 Å². The number of hydrogen-bond donors (Lipinski definition) is 6. The molecule has 248 valence electrons. The molecule has 0 saturated heterocycles. The van der Waals surface area contributed by atoms with Crippen LogP contribution in [0.3, 0.4) is 0 Å². The third-order valence-electron chi connectivity index (χ3n) is 7.89. The van der Waals surface area contributed by atoms with Crippen molar-refractivity contribution in [1.82, 2.24) is 26.3 Å². The van der Waals surface area contributed by atoms with E-state index < -0.39 is 47.0 Å². The van der Waals surface area contributed by atoms with Gasteiger partial charge in [-0.3, -0.25) is 9.59 Å². The van der Waals surface area contributed by atoms with Gasteiger partial charge in [0.2, 0.25) is 11.8 Å². The highest BCUT2D eigenvalue weighted by molar-refractivity contribution is 14.1. The number of benzene rings is 2. The van der Waals surface area contributed by atoms with E-state index >= 15 is 0 Å². The summed E-state index contributed by atoms with van der Waals surface area (Å²) in [7, 11) is 0. The SMILES string of the molecule is C[C@@H](I)[C@H](NC(=S)NCc1ccccc1F)C(=O)N[C@]1(C(=O)N[C@H](C(N)=S)[C@@H](C)I)CCc2[nH]c3c(C(F)(F)F)cccc3c2C1. The lowest BCUT2D eigenvalue weighted by Crippen LogP contribution is -2.67. The second-order valence-electron chi connectivity index (χ2n) is 11.2. The Morgan fingerprint density at radius 2 is 1.72 bits per heavy atom. The molecule has 1 aromatic heterocycles. The van der Waals surface area contributed by atoms with Crippen LogP contribution in [0.2, 0.25) is 0 Å². The predicted molar refractivity (Wildman–Crippen MR) is 195 cm³/mol. The van der Waals surface area contributed by atoms with Crippen LogP contribution in [-0.4, -0.2) is 52.4 Å². The number of aryl methyl sites for hydroxylation is 1. The topological polar surface area (TPSA) is 124 Å². The third-order valence-corrected chi connectivity index (χ3v) is 9.85. The number of carbonyl (C=O) groups excluding carboxylic acids is 2. The monoisotopic (exact) mass is 902 g/mol. The fourth-order valence-corrected chi connectivity index (χ4v) is 7.25. The zero-order valence-corrected chi connectivity index (χ0v) is 30.6. The van der Waals surface area contributed by atoms with Crippen molar-refractivity contribution in [2.75, 3.05) is 0 Å². The number of para-hydroxylation sites is 1. The number of rotatable bonds is 10. The molecule has 0 unspecified atom stereocenters. The molecular weight excluding hydrogens is 870 g/mol. The van der Waals surface area contributed by atoms with Crippen LogP contribution in [0.15, 0.2) is 42.5 Å². The van der Waals surface area contributed by atoms with Crippen molar-refractivity contribution < 1.29 is 27.2 Å². The molecule has 8 nitrogen and oxygen atoms in total. The van der Waals surface area contributed by atoms with Gasteiger partial charge in [0.05, 0.1) is 22.1 Å². The molecule has 0 radical (unpaired) electrons. The molecule has 16 heteroatoms. The van der Waals surface area contributed by atoms with E-state index in [-0.39, 0.29) is 49.3 Å². The largest absolute Gasteiger partial charge is 0.418 e. The Labute approximate surface area is 301 Å². The number of nitrogens with two attached hydrogens (primary N) is 1. The Kier molecular flexibility index (Phi) is 11.8. The summed E-state index contributed by atoms with van der Waals surface area (Å²) in [5.74, 6) is -1.52. The van der Waals surface area contributed by atoms with Crippen LogP contribution >= 0.6 is 69.6 Å². The number of aromatic nitrogens is 1. The molecule has 7 N–H and O–H groups in total. The van der Waals surface area contributed by atoms with E-state index in [1.165, 1.54) is 12.1 Å². The first kappa shape index (κ1) is 36.5. The average Bonchev–Trinajstić information content (AvgIpc) is 3.34. The maximum Gasteiger partial charge on any atom is 0.418 e. The molecule has 2 amide bonds. The lowest BCUT2D eigenvalue weighted by Gasteiger charge is -2.39. The Balaban J connectivity index is 1.66. The number of nitrogens with one attached hydrogen (secondary N) is 5. The predicted octanol–water partition coefficient (Wildman–Crippen LogP) is 5.12. The van der Waals surface area contributed by atoms with Crippen LogP contribution in [0.4, 0.5) is 17.6 Å². The van der Waals surface area contributed by atoms with Gasteiger partial charge in [-0.15, -0.1) is 0 Å². The molecular formula is C30H32F4I2N6O2S2. The van der Waals surface area contributed by atoms with Crippen molar-refractivity contribution in [2.45, 2.75) is 71.3 Å². The minimum Gasteiger partial charge on any atom is -0.392 e. The summed E-state index contributed by atoms with van der Waals surface area (Å²) in [6.07, 6.45) is -4.40. The van der Waals surface area contributed by atoms with E-state index in [0.717, 1.165) is 6.07 Å². The Hall–Kier alpha value is -2.32. The van der Waals surface area contributed by atoms with Crippen LogP contribution < -0.4 is 27.0 Å². The smallest absolute Gasteiger partial charge is 0.392 e. The van der Waals surface area contributed by atoms with Crippen molar-refractivity contribution in [1.29, 1.82) is 0 Å². The van der Waals surface area contributed by atoms with Crippen molar-refractivity contribution in [3.8, 4) is 0 Å². The maximum atomic E-state index is 14.1. The van der Waals surface area contributed by atoms with Gasteiger partial charge < -0.3 is 32.0 Å². The van der Waals surface area contributed by atoms with Gasteiger partial charge in [-0.2, -0.15) is 13.2 Å². The number of aromatic amines is 1. The molecule has 0 aliphatic heterocycles. The number of thiocarbonyl (C=S) groups is 2. The van der Waals surface area contributed by atoms with Gasteiger partial charge in [-0.05, 0) is 42.8 Å². The first-order valence-electron chi connectivity index (χ1n) is 14.2. The molecule has 0 bridgehead atoms. The van der Waals surface area contributed by atoms with Gasteiger partial charge in [0, 0.05) is 37.5 Å². The standard InChI is InChI=1S/C30H32F4I2N6O2S2/c1-14(35)22(25(37)45)40-27(44)29(11-10-21-18(12-29)17-7-5-8-19(24(17)39-21)30(32,33)34)42-26(43)23(15(2)36)41-28(46)38-13-16-6-3-4-9-20(16)31/h3-9,14-15,22-23,39H,10-13H2,1-2H3,(H2,37,45)(H,40,44)(H,42,43)(H2,38,41,46)/t14-,15-,22+,23+,29-/m1/s1. The summed E-state index contributed by atoms with van der Waals surface area (Å²) in [4.78, 5) is 31.1. The number of carbonyl (C=O) groups is 2. The van der Waals surface area contributed by atoms with Gasteiger partial charge >= 0.3 is 6.18 Å². The van der Waals surface area contributed by atoms with Crippen LogP contribution in [0.5, 0.6) is 0 Å². The summed E-state index contributed by atoms with van der Waals surface area (Å²) in [5, 5.41) is 12.1. The number of hydrogen-bond acceptors (Lipinski definition) is 4. The van der Waals surface area contributed by atoms with E-state index in [1.807, 2.05) is 6.92 Å². The second kappa shape index (κ2) is 14.8. The quantitative estimate of drug-likeness (QED) is 0.0724. The molecule has 0 saturated carbocycles. The van der Waals surface area contributed by atoms with Crippen LogP contribution in [0.1, 0.15) is 42.7 Å². The number of alkyl halides is 5. The fourth-order valence-electron chi connectivity index (χ4n) is 5.47. The molecule has 46 heavy (non-hydrogen) atoms. The van der Waals surface area contributed by atoms with E-state index in [4.69, 9.17) is 30.2 Å². The second-order valence-corrected chi connectivity index (χ2v) is 16.0. The normalized spacial score (nSPS) is 18.9. The van der Waals surface area contributed by atoms with Crippen LogP contribution in [0.25, 0.3) is 10.9 Å². The molecule has 0 spiro atoms. The molecule has 3 aromatic rings. The Morgan fingerprint density at radius 3 is 2.33 bits per heavy atom. The summed E-state index contributed by atoms with van der Waals surface area (Å²) < 4.78 is 55.2.